The topological polar surface area (TPSA) is 0 Å². The van der Waals surface area contributed by atoms with Crippen LogP contribution in [0.15, 0.2) is 0 Å². The highest BCUT2D eigenvalue weighted by Crippen LogP contribution is 2.42. The van der Waals surface area contributed by atoms with E-state index in [9.17, 15) is 0 Å². The Hall–Kier alpha value is 0.290. The first-order valence-corrected chi connectivity index (χ1v) is 4.73. The second kappa shape index (κ2) is 3.13. The van der Waals surface area contributed by atoms with Crippen LogP contribution in [0, 0.1) is 11.3 Å². The van der Waals surface area contributed by atoms with Gasteiger partial charge < -0.3 is 0 Å². The van der Waals surface area contributed by atoms with Gasteiger partial charge >= 0.3 is 0 Å². The van der Waals surface area contributed by atoms with E-state index < -0.39 is 0 Å². The fraction of sp³-hybridized carbons (Fsp3) is 1.00. The molecule has 0 aromatic carbocycles. The molecule has 1 fully saturated rings. The van der Waals surface area contributed by atoms with Crippen LogP contribution >= 0.6 is 11.6 Å². The van der Waals surface area contributed by atoms with E-state index in [0.717, 1.165) is 11.8 Å². The summed E-state index contributed by atoms with van der Waals surface area (Å²) in [6, 6.07) is 0. The maximum atomic E-state index is 5.67. The molecule has 1 aliphatic carbocycles. The first-order valence-electron chi connectivity index (χ1n) is 4.20. The third-order valence-corrected chi connectivity index (χ3v) is 2.81. The Morgan fingerprint density at radius 3 is 2.60 bits per heavy atom. The fourth-order valence-corrected chi connectivity index (χ4v) is 2.29. The van der Waals surface area contributed by atoms with Crippen molar-refractivity contribution < 1.29 is 0 Å². The molecule has 60 valence electrons. The van der Waals surface area contributed by atoms with Gasteiger partial charge in [0.25, 0.3) is 0 Å². The molecule has 0 nitrogen and oxygen atoms in total. The SMILES string of the molecule is CC1(C)CCC(CCCl)C1. The quantitative estimate of drug-likeness (QED) is 0.543. The van der Waals surface area contributed by atoms with Gasteiger partial charge in [0.1, 0.15) is 0 Å². The van der Waals surface area contributed by atoms with Gasteiger partial charge in [0.05, 0.1) is 0 Å². The standard InChI is InChI=1S/C9H17Cl/c1-9(2)5-3-8(7-9)4-6-10/h8H,3-7H2,1-2H3. The number of hydrogen-bond acceptors (Lipinski definition) is 0. The van der Waals surface area contributed by atoms with Crippen molar-refractivity contribution in [3.05, 3.63) is 0 Å². The van der Waals surface area contributed by atoms with Crippen molar-refractivity contribution in [3.63, 3.8) is 0 Å². The molecule has 1 atom stereocenters. The van der Waals surface area contributed by atoms with Crippen molar-refractivity contribution in [2.75, 3.05) is 5.88 Å². The lowest BCUT2D eigenvalue weighted by Crippen LogP contribution is -2.05. The summed E-state index contributed by atoms with van der Waals surface area (Å²) in [5, 5.41) is 0. The summed E-state index contributed by atoms with van der Waals surface area (Å²) in [6.45, 7) is 4.72. The van der Waals surface area contributed by atoms with Crippen molar-refractivity contribution in [1.29, 1.82) is 0 Å². The Balaban J connectivity index is 2.29. The Morgan fingerprint density at radius 1 is 1.50 bits per heavy atom. The number of halogens is 1. The maximum Gasteiger partial charge on any atom is 0.0226 e. The summed E-state index contributed by atoms with van der Waals surface area (Å²) in [4.78, 5) is 0. The average molecular weight is 161 g/mol. The van der Waals surface area contributed by atoms with Crippen LogP contribution in [0.3, 0.4) is 0 Å². The van der Waals surface area contributed by atoms with Gasteiger partial charge in [-0.3, -0.25) is 0 Å². The predicted octanol–water partition coefficient (Wildman–Crippen LogP) is 3.44. The monoisotopic (exact) mass is 160 g/mol. The summed E-state index contributed by atoms with van der Waals surface area (Å²) < 4.78 is 0. The molecule has 0 heterocycles. The Morgan fingerprint density at radius 2 is 2.20 bits per heavy atom. The van der Waals surface area contributed by atoms with Crippen molar-refractivity contribution in [3.8, 4) is 0 Å². The molecular formula is C9H17Cl. The Kier molecular flexibility index (Phi) is 2.62. The molecule has 0 aromatic rings. The van der Waals surface area contributed by atoms with E-state index in [2.05, 4.69) is 13.8 Å². The Labute approximate surface area is 69.0 Å². The second-order valence-electron chi connectivity index (χ2n) is 4.25. The van der Waals surface area contributed by atoms with Crippen molar-refractivity contribution >= 4 is 11.6 Å². The summed E-state index contributed by atoms with van der Waals surface area (Å²) in [7, 11) is 0. The van der Waals surface area contributed by atoms with Crippen LogP contribution < -0.4 is 0 Å². The smallest absolute Gasteiger partial charge is 0.0226 e. The van der Waals surface area contributed by atoms with Crippen LogP contribution in [0.4, 0.5) is 0 Å². The summed E-state index contributed by atoms with van der Waals surface area (Å²) in [5.41, 5.74) is 0.608. The minimum atomic E-state index is 0.608. The number of alkyl halides is 1. The first kappa shape index (κ1) is 8.39. The van der Waals surface area contributed by atoms with Gasteiger partial charge in [-0.25, -0.2) is 0 Å². The molecule has 1 heteroatoms. The van der Waals surface area contributed by atoms with Crippen molar-refractivity contribution in [2.24, 2.45) is 11.3 Å². The van der Waals surface area contributed by atoms with Crippen LogP contribution in [-0.2, 0) is 0 Å². The van der Waals surface area contributed by atoms with E-state index in [4.69, 9.17) is 11.6 Å². The number of hydrogen-bond donors (Lipinski definition) is 0. The average Bonchev–Trinajstić information content (AvgIpc) is 2.12. The zero-order valence-electron chi connectivity index (χ0n) is 6.99. The van der Waals surface area contributed by atoms with Crippen LogP contribution in [0.5, 0.6) is 0 Å². The van der Waals surface area contributed by atoms with Gasteiger partial charge in [-0.15, -0.1) is 11.6 Å². The van der Waals surface area contributed by atoms with Crippen molar-refractivity contribution in [1.82, 2.24) is 0 Å². The normalized spacial score (nSPS) is 30.9. The van der Waals surface area contributed by atoms with Crippen LogP contribution in [0.25, 0.3) is 0 Å². The van der Waals surface area contributed by atoms with Crippen LogP contribution in [0.1, 0.15) is 39.5 Å². The predicted molar refractivity (Wildman–Crippen MR) is 46.5 cm³/mol. The molecule has 1 saturated carbocycles. The minimum absolute atomic E-state index is 0.608. The van der Waals surface area contributed by atoms with Gasteiger partial charge in [-0.05, 0) is 37.0 Å². The molecule has 0 aliphatic heterocycles. The molecule has 10 heavy (non-hydrogen) atoms. The molecule has 1 rings (SSSR count). The Bertz CT molecular complexity index is 107. The molecule has 1 unspecified atom stereocenters. The molecule has 0 aromatic heterocycles. The van der Waals surface area contributed by atoms with E-state index in [-0.39, 0.29) is 0 Å². The van der Waals surface area contributed by atoms with Gasteiger partial charge in [0.15, 0.2) is 0 Å². The highest BCUT2D eigenvalue weighted by molar-refractivity contribution is 6.17. The summed E-state index contributed by atoms with van der Waals surface area (Å²) in [6.07, 6.45) is 5.42. The third-order valence-electron chi connectivity index (χ3n) is 2.59. The third kappa shape index (κ3) is 2.16. The van der Waals surface area contributed by atoms with Gasteiger partial charge in [-0.2, -0.15) is 0 Å². The lowest BCUT2D eigenvalue weighted by molar-refractivity contribution is 0.358. The van der Waals surface area contributed by atoms with Crippen LogP contribution in [0.2, 0.25) is 0 Å². The minimum Gasteiger partial charge on any atom is -0.127 e. The van der Waals surface area contributed by atoms with E-state index in [1.54, 1.807) is 0 Å². The van der Waals surface area contributed by atoms with E-state index in [0.29, 0.717) is 5.41 Å². The largest absolute Gasteiger partial charge is 0.127 e. The molecule has 1 aliphatic rings. The first-order chi connectivity index (χ1) is 4.64. The molecule has 0 radical (unpaired) electrons. The van der Waals surface area contributed by atoms with Crippen LogP contribution in [-0.4, -0.2) is 5.88 Å². The molecular weight excluding hydrogens is 144 g/mol. The molecule has 0 amide bonds. The lowest BCUT2D eigenvalue weighted by Gasteiger charge is -2.16. The highest BCUT2D eigenvalue weighted by Gasteiger charge is 2.29. The van der Waals surface area contributed by atoms with E-state index in [1.807, 2.05) is 0 Å². The molecule has 0 spiro atoms. The molecule has 0 saturated heterocycles. The van der Waals surface area contributed by atoms with Gasteiger partial charge in [-0.1, -0.05) is 13.8 Å². The zero-order chi connectivity index (χ0) is 7.61. The molecule has 0 N–H and O–H groups in total. The van der Waals surface area contributed by atoms with Gasteiger partial charge in [0, 0.05) is 5.88 Å². The number of rotatable bonds is 2. The summed E-state index contributed by atoms with van der Waals surface area (Å²) >= 11 is 5.67. The second-order valence-corrected chi connectivity index (χ2v) is 4.63. The van der Waals surface area contributed by atoms with Gasteiger partial charge in [0.2, 0.25) is 0 Å². The zero-order valence-corrected chi connectivity index (χ0v) is 7.75. The summed E-state index contributed by atoms with van der Waals surface area (Å²) in [5.74, 6) is 1.77. The fourth-order valence-electron chi connectivity index (χ4n) is 1.98. The molecule has 0 bridgehead atoms. The lowest BCUT2D eigenvalue weighted by atomic mass is 9.90. The highest BCUT2D eigenvalue weighted by atomic mass is 35.5. The van der Waals surface area contributed by atoms with E-state index in [1.165, 1.54) is 25.7 Å². The van der Waals surface area contributed by atoms with Crippen molar-refractivity contribution in [2.45, 2.75) is 39.5 Å². The van der Waals surface area contributed by atoms with E-state index >= 15 is 0 Å². The maximum absolute atomic E-state index is 5.67.